The van der Waals surface area contributed by atoms with Gasteiger partial charge in [-0.05, 0) is 4.92 Å². The van der Waals surface area contributed by atoms with Crippen molar-refractivity contribution in [2.45, 2.75) is 12.1 Å². The van der Waals surface area contributed by atoms with Crippen molar-refractivity contribution in [1.82, 2.24) is 9.55 Å². The molecule has 0 saturated carbocycles. The average Bonchev–Trinajstić information content (AvgIpc) is 3.22. The van der Waals surface area contributed by atoms with Gasteiger partial charge in [0.25, 0.3) is 0 Å². The number of hydrogen-bond donors (Lipinski definition) is 1. The fraction of sp³-hybridized carbons (Fsp3) is 0.0870. The zero-order valence-corrected chi connectivity index (χ0v) is 15.6. The van der Waals surface area contributed by atoms with E-state index in [1.54, 1.807) is 10.8 Å². The van der Waals surface area contributed by atoms with Gasteiger partial charge in [-0.3, -0.25) is 0 Å². The van der Waals surface area contributed by atoms with Crippen LogP contribution in [0.15, 0.2) is 97.2 Å². The topological polar surface area (TPSA) is 81.2 Å². The first-order valence-electron chi connectivity index (χ1n) is 9.18. The maximum Gasteiger partial charge on any atom is 0.436 e. The highest BCUT2D eigenvalue weighted by atomic mass is 16.6. The fourth-order valence-electron chi connectivity index (χ4n) is 3.83. The van der Waals surface area contributed by atoms with E-state index in [1.807, 2.05) is 91.0 Å². The van der Waals surface area contributed by atoms with E-state index in [2.05, 4.69) is 4.98 Å². The number of imidazole rings is 1. The molecule has 6 nitrogen and oxygen atoms in total. The molecule has 0 radical (unpaired) electrons. The minimum Gasteiger partial charge on any atom is -0.390 e. The van der Waals surface area contributed by atoms with Gasteiger partial charge in [0.2, 0.25) is 0 Å². The van der Waals surface area contributed by atoms with E-state index in [0.29, 0.717) is 0 Å². The lowest BCUT2D eigenvalue weighted by atomic mass is 9.76. The molecule has 0 aliphatic carbocycles. The van der Waals surface area contributed by atoms with Crippen molar-refractivity contribution in [3.63, 3.8) is 0 Å². The Kier molecular flexibility index (Phi) is 4.93. The van der Waals surface area contributed by atoms with Crippen LogP contribution in [-0.4, -0.2) is 19.6 Å². The van der Waals surface area contributed by atoms with Crippen molar-refractivity contribution >= 4 is 5.95 Å². The predicted molar refractivity (Wildman–Crippen MR) is 109 cm³/mol. The molecular weight excluding hydrogens is 366 g/mol. The molecule has 4 rings (SSSR count). The van der Waals surface area contributed by atoms with Gasteiger partial charge in [-0.15, -0.1) is 0 Å². The highest BCUT2D eigenvalue weighted by Crippen LogP contribution is 2.43. The summed E-state index contributed by atoms with van der Waals surface area (Å²) in [5.74, 6) is -0.328. The number of rotatable bonds is 6. The van der Waals surface area contributed by atoms with E-state index in [4.69, 9.17) is 0 Å². The number of hydrogen-bond acceptors (Lipinski definition) is 4. The summed E-state index contributed by atoms with van der Waals surface area (Å²) in [5, 5.41) is 21.6. The molecule has 0 unspecified atom stereocenters. The highest BCUT2D eigenvalue weighted by molar-refractivity contribution is 5.52. The fourth-order valence-corrected chi connectivity index (χ4v) is 3.83. The Balaban J connectivity index is 2.18. The lowest BCUT2D eigenvalue weighted by Gasteiger charge is -2.34. The lowest BCUT2D eigenvalue weighted by molar-refractivity contribution is -0.397. The van der Waals surface area contributed by atoms with Crippen LogP contribution in [0.25, 0.3) is 0 Å². The number of nitro groups is 1. The Bertz CT molecular complexity index is 1010. The molecule has 4 aromatic rings. The minimum absolute atomic E-state index is 0.240. The van der Waals surface area contributed by atoms with Crippen LogP contribution < -0.4 is 0 Å². The molecule has 1 N–H and O–H groups in total. The van der Waals surface area contributed by atoms with E-state index >= 15 is 0 Å². The summed E-state index contributed by atoms with van der Waals surface area (Å²) in [7, 11) is 0. The second-order valence-electron chi connectivity index (χ2n) is 6.63. The minimum atomic E-state index is -1.04. The zero-order valence-electron chi connectivity index (χ0n) is 15.6. The summed E-state index contributed by atoms with van der Waals surface area (Å²) < 4.78 is 1.55. The average molecular weight is 385 g/mol. The van der Waals surface area contributed by atoms with Gasteiger partial charge >= 0.3 is 5.95 Å². The Morgan fingerprint density at radius 2 is 1.24 bits per heavy atom. The number of aliphatic hydroxyl groups is 1. The maximum absolute atomic E-state index is 11.9. The maximum atomic E-state index is 11.9. The van der Waals surface area contributed by atoms with E-state index in [1.165, 1.54) is 0 Å². The summed E-state index contributed by atoms with van der Waals surface area (Å²) in [6.45, 7) is -0.387. The molecule has 29 heavy (non-hydrogen) atoms. The molecule has 6 heteroatoms. The summed E-state index contributed by atoms with van der Waals surface area (Å²) in [6, 6.07) is 28.9. The molecular formula is C23H19N3O3. The van der Waals surface area contributed by atoms with Crippen molar-refractivity contribution in [3.8, 4) is 0 Å². The first-order chi connectivity index (χ1) is 14.2. The van der Waals surface area contributed by atoms with Crippen LogP contribution >= 0.6 is 0 Å². The van der Waals surface area contributed by atoms with Crippen LogP contribution in [0.2, 0.25) is 0 Å². The molecule has 1 aromatic heterocycles. The van der Waals surface area contributed by atoms with Gasteiger partial charge in [0.1, 0.15) is 12.8 Å². The van der Waals surface area contributed by atoms with E-state index < -0.39 is 10.5 Å². The molecule has 0 aliphatic rings. The van der Waals surface area contributed by atoms with Crippen molar-refractivity contribution in [2.24, 2.45) is 0 Å². The molecule has 0 amide bonds. The van der Waals surface area contributed by atoms with E-state index in [9.17, 15) is 15.2 Å². The molecule has 0 fully saturated rings. The largest absolute Gasteiger partial charge is 0.436 e. The SMILES string of the molecule is O=[N+]([O-])c1nc(CO)cn1C(c1ccccc1)(c1ccccc1)c1ccccc1. The standard InChI is InChI=1S/C23H19N3O3/c27-17-21-16-25(22(24-21)26(28)29)23(18-10-4-1-5-11-18,19-12-6-2-7-13-19)20-14-8-3-9-15-20/h1-16,27H,17H2. The third-order valence-electron chi connectivity index (χ3n) is 5.00. The van der Waals surface area contributed by atoms with Crippen LogP contribution in [0, 0.1) is 10.1 Å². The number of benzene rings is 3. The van der Waals surface area contributed by atoms with Gasteiger partial charge in [-0.25, -0.2) is 4.57 Å². The smallest absolute Gasteiger partial charge is 0.390 e. The quantitative estimate of drug-likeness (QED) is 0.307. The molecule has 0 spiro atoms. The van der Waals surface area contributed by atoms with E-state index in [0.717, 1.165) is 16.7 Å². The van der Waals surface area contributed by atoms with Crippen LogP contribution in [0.3, 0.4) is 0 Å². The predicted octanol–water partition coefficient (Wildman–Crippen LogP) is 4.12. The molecule has 0 atom stereocenters. The first-order valence-corrected chi connectivity index (χ1v) is 9.18. The Hall–Kier alpha value is -3.77. The lowest BCUT2D eigenvalue weighted by Crippen LogP contribution is -2.38. The van der Waals surface area contributed by atoms with Crippen molar-refractivity contribution in [2.75, 3.05) is 0 Å². The van der Waals surface area contributed by atoms with E-state index in [-0.39, 0.29) is 18.2 Å². The second-order valence-corrected chi connectivity index (χ2v) is 6.63. The first kappa shape index (κ1) is 18.6. The number of aliphatic hydroxyl groups excluding tert-OH is 1. The number of aromatic nitrogens is 2. The van der Waals surface area contributed by atoms with Crippen molar-refractivity contribution in [3.05, 3.63) is 130 Å². The molecule has 1 heterocycles. The summed E-state index contributed by atoms with van der Waals surface area (Å²) in [5.41, 5.74) is 1.75. The van der Waals surface area contributed by atoms with Crippen LogP contribution in [-0.2, 0) is 12.1 Å². The molecule has 144 valence electrons. The third-order valence-corrected chi connectivity index (χ3v) is 5.00. The molecule has 0 aliphatic heterocycles. The molecule has 0 bridgehead atoms. The summed E-state index contributed by atoms with van der Waals surface area (Å²) >= 11 is 0. The van der Waals surface area contributed by atoms with Gasteiger partial charge in [-0.2, -0.15) is 0 Å². The summed E-state index contributed by atoms with van der Waals surface area (Å²) in [4.78, 5) is 15.5. The van der Waals surface area contributed by atoms with Crippen molar-refractivity contribution < 1.29 is 10.0 Å². The van der Waals surface area contributed by atoms with Gasteiger partial charge in [0, 0.05) is 16.7 Å². The molecule has 0 saturated heterocycles. The van der Waals surface area contributed by atoms with Crippen molar-refractivity contribution in [1.29, 1.82) is 0 Å². The number of nitrogens with zero attached hydrogens (tertiary/aromatic N) is 3. The normalized spacial score (nSPS) is 11.3. The third kappa shape index (κ3) is 3.09. The van der Waals surface area contributed by atoms with Gasteiger partial charge in [0.05, 0.1) is 0 Å². The zero-order chi connectivity index (χ0) is 20.3. The Morgan fingerprint density at radius 3 is 1.59 bits per heavy atom. The van der Waals surface area contributed by atoms with Crippen LogP contribution in [0.4, 0.5) is 5.95 Å². The highest BCUT2D eigenvalue weighted by Gasteiger charge is 2.45. The van der Waals surface area contributed by atoms with Gasteiger partial charge in [-0.1, -0.05) is 96.0 Å². The molecule has 3 aromatic carbocycles. The Labute approximate surface area is 167 Å². The Morgan fingerprint density at radius 1 is 0.828 bits per heavy atom. The van der Waals surface area contributed by atoms with Gasteiger partial charge in [0.15, 0.2) is 11.2 Å². The van der Waals surface area contributed by atoms with Gasteiger partial charge < -0.3 is 15.2 Å². The summed E-state index contributed by atoms with van der Waals surface area (Å²) in [6.07, 6.45) is 1.56. The van der Waals surface area contributed by atoms with Crippen LogP contribution in [0.5, 0.6) is 0 Å². The van der Waals surface area contributed by atoms with Crippen LogP contribution in [0.1, 0.15) is 22.4 Å². The monoisotopic (exact) mass is 385 g/mol. The second kappa shape index (κ2) is 7.69.